The van der Waals surface area contributed by atoms with Gasteiger partial charge in [0, 0.05) is 49.9 Å². The summed E-state index contributed by atoms with van der Waals surface area (Å²) in [7, 11) is 0. The fourth-order valence-electron chi connectivity index (χ4n) is 7.57. The lowest BCUT2D eigenvalue weighted by Crippen LogP contribution is -2.10. The number of benzene rings is 8. The average Bonchev–Trinajstić information content (AvgIpc) is 3.68. The minimum Gasteiger partial charge on any atom is -0.354 e. The van der Waals surface area contributed by atoms with Crippen LogP contribution in [0.15, 0.2) is 206 Å². The van der Waals surface area contributed by atoms with Crippen LogP contribution in [0.1, 0.15) is 0 Å². The molecule has 1 N–H and O–H groups in total. The first-order valence-electron chi connectivity index (χ1n) is 18.8. The third-order valence-corrected chi connectivity index (χ3v) is 10.3. The van der Waals surface area contributed by atoms with E-state index in [4.69, 9.17) is 15.0 Å². The molecule has 0 fully saturated rings. The summed E-state index contributed by atoms with van der Waals surface area (Å²) in [6.45, 7) is 0. The van der Waals surface area contributed by atoms with Crippen molar-refractivity contribution in [3.8, 4) is 56.4 Å². The molecule has 56 heavy (non-hydrogen) atoms. The van der Waals surface area contributed by atoms with E-state index in [2.05, 4.69) is 155 Å². The van der Waals surface area contributed by atoms with Crippen LogP contribution < -0.4 is 4.90 Å². The lowest BCUT2D eigenvalue weighted by atomic mass is 10.0. The van der Waals surface area contributed by atoms with Gasteiger partial charge >= 0.3 is 0 Å². The van der Waals surface area contributed by atoms with Gasteiger partial charge in [0.15, 0.2) is 17.5 Å². The van der Waals surface area contributed by atoms with Crippen molar-refractivity contribution in [2.75, 3.05) is 4.90 Å². The van der Waals surface area contributed by atoms with E-state index in [1.54, 1.807) is 0 Å². The van der Waals surface area contributed by atoms with Crippen LogP contribution in [0.3, 0.4) is 0 Å². The Kier molecular flexibility index (Phi) is 8.43. The second kappa shape index (κ2) is 14.3. The molecule has 0 aliphatic rings. The topological polar surface area (TPSA) is 57.7 Å². The first-order chi connectivity index (χ1) is 27.8. The summed E-state index contributed by atoms with van der Waals surface area (Å²) in [5.74, 6) is 1.88. The standard InChI is InChI=1S/C51H35N5/c1-5-15-35(16-6-1)37-27-31-41(32-28-37)56(42-33-29-38(30-34-42)36-17-7-2-8-18-36)46-26-14-25-45-48(46)47-43(23-13-24-44(47)52-45)51-54-49(39-19-9-3-10-20-39)53-50(55-51)40-21-11-4-12-22-40/h1-34,52H. The normalized spacial score (nSPS) is 11.2. The summed E-state index contributed by atoms with van der Waals surface area (Å²) in [5.41, 5.74) is 12.7. The summed E-state index contributed by atoms with van der Waals surface area (Å²) in [5, 5.41) is 2.13. The molecule has 0 unspecified atom stereocenters. The molecule has 0 radical (unpaired) electrons. The van der Waals surface area contributed by atoms with E-state index >= 15 is 0 Å². The van der Waals surface area contributed by atoms with Crippen molar-refractivity contribution in [2.24, 2.45) is 0 Å². The van der Waals surface area contributed by atoms with Crippen molar-refractivity contribution in [3.05, 3.63) is 206 Å². The molecule has 0 aliphatic heterocycles. The van der Waals surface area contributed by atoms with E-state index in [1.807, 2.05) is 60.7 Å². The van der Waals surface area contributed by atoms with Crippen LogP contribution in [0.5, 0.6) is 0 Å². The van der Waals surface area contributed by atoms with Crippen LogP contribution in [0, 0.1) is 0 Å². The number of fused-ring (bicyclic) bond motifs is 3. The Labute approximate surface area is 325 Å². The summed E-state index contributed by atoms with van der Waals surface area (Å²) in [6.07, 6.45) is 0. The van der Waals surface area contributed by atoms with E-state index in [9.17, 15) is 0 Å². The molecule has 0 bridgehead atoms. The van der Waals surface area contributed by atoms with Crippen molar-refractivity contribution in [1.29, 1.82) is 0 Å². The molecule has 5 heteroatoms. The van der Waals surface area contributed by atoms with Crippen molar-refractivity contribution in [2.45, 2.75) is 0 Å². The molecule has 0 amide bonds. The maximum absolute atomic E-state index is 5.15. The molecule has 5 nitrogen and oxygen atoms in total. The fourth-order valence-corrected chi connectivity index (χ4v) is 7.57. The lowest BCUT2D eigenvalue weighted by molar-refractivity contribution is 1.08. The molecule has 264 valence electrons. The molecular weight excluding hydrogens is 683 g/mol. The Morgan fingerprint density at radius 2 is 0.696 bits per heavy atom. The summed E-state index contributed by atoms with van der Waals surface area (Å²) >= 11 is 0. The summed E-state index contributed by atoms with van der Waals surface area (Å²) in [4.78, 5) is 21.4. The maximum atomic E-state index is 5.15. The van der Waals surface area contributed by atoms with Crippen LogP contribution >= 0.6 is 0 Å². The van der Waals surface area contributed by atoms with Crippen LogP contribution in [-0.4, -0.2) is 19.9 Å². The molecule has 10 rings (SSSR count). The van der Waals surface area contributed by atoms with Gasteiger partial charge in [-0.05, 0) is 64.7 Å². The second-order valence-electron chi connectivity index (χ2n) is 13.8. The highest BCUT2D eigenvalue weighted by molar-refractivity contribution is 6.19. The van der Waals surface area contributed by atoms with E-state index in [0.29, 0.717) is 17.5 Å². The van der Waals surface area contributed by atoms with Crippen LogP contribution in [0.2, 0.25) is 0 Å². The lowest BCUT2D eigenvalue weighted by Gasteiger charge is -2.27. The number of anilines is 3. The smallest absolute Gasteiger partial charge is 0.164 e. The molecule has 2 aromatic heterocycles. The Hall–Kier alpha value is -7.63. The number of nitrogens with one attached hydrogen (secondary N) is 1. The van der Waals surface area contributed by atoms with Crippen molar-refractivity contribution < 1.29 is 0 Å². The largest absolute Gasteiger partial charge is 0.354 e. The van der Waals surface area contributed by atoms with Gasteiger partial charge in [0.1, 0.15) is 0 Å². The number of nitrogens with zero attached hydrogens (tertiary/aromatic N) is 4. The quantitative estimate of drug-likeness (QED) is 0.170. The summed E-state index contributed by atoms with van der Waals surface area (Å²) in [6, 6.07) is 71.8. The number of rotatable bonds is 8. The third-order valence-electron chi connectivity index (χ3n) is 10.3. The van der Waals surface area contributed by atoms with Crippen LogP contribution in [0.25, 0.3) is 78.2 Å². The monoisotopic (exact) mass is 717 g/mol. The molecular formula is C51H35N5. The Bertz CT molecular complexity index is 2780. The SMILES string of the molecule is c1ccc(-c2ccc(N(c3ccc(-c4ccccc4)cc3)c3cccc4[nH]c5cccc(-c6nc(-c7ccccc7)nc(-c7ccccc7)n6)c5c34)cc2)cc1. The molecule has 0 saturated heterocycles. The molecule has 10 aromatic rings. The number of H-pyrrole nitrogens is 1. The van der Waals surface area contributed by atoms with Crippen molar-refractivity contribution in [3.63, 3.8) is 0 Å². The molecule has 2 heterocycles. The van der Waals surface area contributed by atoms with Gasteiger partial charge in [-0.25, -0.2) is 15.0 Å². The third kappa shape index (κ3) is 6.17. The zero-order valence-electron chi connectivity index (χ0n) is 30.4. The first kappa shape index (κ1) is 33.0. The van der Waals surface area contributed by atoms with Gasteiger partial charge in [0.25, 0.3) is 0 Å². The molecule has 0 aliphatic carbocycles. The van der Waals surface area contributed by atoms with E-state index in [0.717, 1.165) is 55.6 Å². The van der Waals surface area contributed by atoms with Gasteiger partial charge < -0.3 is 9.88 Å². The maximum Gasteiger partial charge on any atom is 0.164 e. The van der Waals surface area contributed by atoms with Gasteiger partial charge in [-0.1, -0.05) is 164 Å². The Morgan fingerprint density at radius 1 is 0.304 bits per heavy atom. The summed E-state index contributed by atoms with van der Waals surface area (Å²) < 4.78 is 0. The minimum absolute atomic E-state index is 0.616. The van der Waals surface area contributed by atoms with E-state index in [-0.39, 0.29) is 0 Å². The predicted octanol–water partition coefficient (Wildman–Crippen LogP) is 13.3. The highest BCUT2D eigenvalue weighted by Gasteiger charge is 2.22. The number of hydrogen-bond acceptors (Lipinski definition) is 4. The van der Waals surface area contributed by atoms with E-state index in [1.165, 1.54) is 22.3 Å². The Morgan fingerprint density at radius 3 is 1.18 bits per heavy atom. The van der Waals surface area contributed by atoms with Gasteiger partial charge in [-0.3, -0.25) is 0 Å². The fraction of sp³-hybridized carbons (Fsp3) is 0. The van der Waals surface area contributed by atoms with Gasteiger partial charge in [0.2, 0.25) is 0 Å². The van der Waals surface area contributed by atoms with Gasteiger partial charge in [0.05, 0.1) is 5.69 Å². The average molecular weight is 718 g/mol. The molecule has 0 spiro atoms. The van der Waals surface area contributed by atoms with Crippen molar-refractivity contribution >= 4 is 38.9 Å². The van der Waals surface area contributed by atoms with Crippen LogP contribution in [0.4, 0.5) is 17.1 Å². The van der Waals surface area contributed by atoms with Gasteiger partial charge in [-0.15, -0.1) is 0 Å². The Balaban J connectivity index is 1.19. The molecule has 0 atom stereocenters. The zero-order chi connectivity index (χ0) is 37.3. The predicted molar refractivity (Wildman–Crippen MR) is 231 cm³/mol. The highest BCUT2D eigenvalue weighted by Crippen LogP contribution is 2.45. The van der Waals surface area contributed by atoms with E-state index < -0.39 is 0 Å². The molecule has 8 aromatic carbocycles. The zero-order valence-corrected chi connectivity index (χ0v) is 30.4. The molecule has 0 saturated carbocycles. The van der Waals surface area contributed by atoms with Gasteiger partial charge in [-0.2, -0.15) is 0 Å². The van der Waals surface area contributed by atoms with Crippen LogP contribution in [-0.2, 0) is 0 Å². The number of hydrogen-bond donors (Lipinski definition) is 1. The van der Waals surface area contributed by atoms with Crippen molar-refractivity contribution in [1.82, 2.24) is 19.9 Å². The number of aromatic amines is 1. The second-order valence-corrected chi connectivity index (χ2v) is 13.8. The number of aromatic nitrogens is 4. The highest BCUT2D eigenvalue weighted by atomic mass is 15.1. The minimum atomic E-state index is 0.616. The first-order valence-corrected chi connectivity index (χ1v) is 18.8.